The predicted octanol–water partition coefficient (Wildman–Crippen LogP) is 2.86. The van der Waals surface area contributed by atoms with E-state index < -0.39 is 0 Å². The number of aromatic nitrogens is 3. The number of aryl methyl sites for hydroxylation is 2. The van der Waals surface area contributed by atoms with Gasteiger partial charge >= 0.3 is 0 Å². The van der Waals surface area contributed by atoms with Gasteiger partial charge in [-0.05, 0) is 33.1 Å². The fourth-order valence-electron chi connectivity index (χ4n) is 4.41. The van der Waals surface area contributed by atoms with Gasteiger partial charge in [-0.2, -0.15) is 0 Å². The highest BCUT2D eigenvalue weighted by Gasteiger charge is 2.32. The van der Waals surface area contributed by atoms with Crippen molar-refractivity contribution in [1.82, 2.24) is 24.8 Å². The number of carbonyl (C=O) groups is 2. The molecule has 160 valence electrons. The van der Waals surface area contributed by atoms with Gasteiger partial charge in [0.05, 0.1) is 29.0 Å². The molecule has 0 saturated carbocycles. The maximum Gasteiger partial charge on any atom is 0.266 e. The number of rotatable bonds is 3. The van der Waals surface area contributed by atoms with Crippen LogP contribution in [0.4, 0.5) is 5.82 Å². The van der Waals surface area contributed by atoms with Crippen LogP contribution in [0.15, 0.2) is 0 Å². The normalized spacial score (nSPS) is 18.9. The van der Waals surface area contributed by atoms with E-state index in [4.69, 9.17) is 9.97 Å². The summed E-state index contributed by atoms with van der Waals surface area (Å²) in [6, 6.07) is -0.0730. The minimum absolute atomic E-state index is 0.0184. The zero-order valence-electron chi connectivity index (χ0n) is 18.0. The van der Waals surface area contributed by atoms with Crippen LogP contribution >= 0.6 is 11.3 Å². The van der Waals surface area contributed by atoms with Crippen molar-refractivity contribution in [3.8, 4) is 0 Å². The lowest BCUT2D eigenvalue weighted by Crippen LogP contribution is -2.39. The molecule has 9 heteroatoms. The lowest BCUT2D eigenvalue weighted by Gasteiger charge is -2.35. The summed E-state index contributed by atoms with van der Waals surface area (Å²) in [7, 11) is 1.84. The number of nitrogens with zero attached hydrogens (tertiary/aromatic N) is 5. The van der Waals surface area contributed by atoms with Crippen molar-refractivity contribution in [3.05, 3.63) is 32.7 Å². The number of piperidine rings is 1. The summed E-state index contributed by atoms with van der Waals surface area (Å²) in [4.78, 5) is 43.7. The quantitative estimate of drug-likeness (QED) is 0.808. The van der Waals surface area contributed by atoms with E-state index >= 15 is 0 Å². The van der Waals surface area contributed by atoms with E-state index in [2.05, 4.69) is 10.3 Å². The van der Waals surface area contributed by atoms with Gasteiger partial charge < -0.3 is 15.1 Å². The van der Waals surface area contributed by atoms with Gasteiger partial charge in [0, 0.05) is 39.0 Å². The summed E-state index contributed by atoms with van der Waals surface area (Å²) in [5, 5.41) is 4.09. The Kier molecular flexibility index (Phi) is 5.73. The van der Waals surface area contributed by atoms with Crippen LogP contribution in [-0.4, -0.2) is 56.7 Å². The van der Waals surface area contributed by atoms with Crippen LogP contribution in [0.3, 0.4) is 0 Å². The Morgan fingerprint density at radius 2 is 1.93 bits per heavy atom. The summed E-state index contributed by atoms with van der Waals surface area (Å²) in [6.07, 6.45) is 3.65. The predicted molar refractivity (Wildman–Crippen MR) is 116 cm³/mol. The molecule has 0 spiro atoms. The van der Waals surface area contributed by atoms with Gasteiger partial charge in [-0.3, -0.25) is 9.59 Å². The molecule has 0 aliphatic carbocycles. The molecule has 4 heterocycles. The molecule has 0 unspecified atom stereocenters. The summed E-state index contributed by atoms with van der Waals surface area (Å²) in [6.45, 7) is 7.26. The average Bonchev–Trinajstić information content (AvgIpc) is 3.09. The molecule has 2 aliphatic rings. The van der Waals surface area contributed by atoms with Crippen LogP contribution in [0.2, 0.25) is 0 Å². The van der Waals surface area contributed by atoms with Crippen molar-refractivity contribution in [3.63, 3.8) is 0 Å². The molecule has 1 fully saturated rings. The number of amides is 2. The molecule has 4 rings (SSSR count). The smallest absolute Gasteiger partial charge is 0.266 e. The molecule has 0 radical (unpaired) electrons. The monoisotopic (exact) mass is 428 g/mol. The summed E-state index contributed by atoms with van der Waals surface area (Å²) in [5.74, 6) is 1.55. The van der Waals surface area contributed by atoms with Crippen LogP contribution in [0, 0.1) is 13.8 Å². The van der Waals surface area contributed by atoms with Crippen molar-refractivity contribution >= 4 is 29.0 Å². The lowest BCUT2D eigenvalue weighted by molar-refractivity contribution is -0.132. The van der Waals surface area contributed by atoms with Crippen molar-refractivity contribution in [2.24, 2.45) is 0 Å². The largest absolute Gasteiger partial charge is 0.373 e. The number of carbonyl (C=O) groups excluding carboxylic acids is 2. The molecule has 0 aromatic carbocycles. The summed E-state index contributed by atoms with van der Waals surface area (Å²) < 4.78 is 0. The minimum Gasteiger partial charge on any atom is -0.373 e. The van der Waals surface area contributed by atoms with E-state index in [0.717, 1.165) is 53.6 Å². The molecule has 1 N–H and O–H groups in total. The van der Waals surface area contributed by atoms with Gasteiger partial charge in [-0.25, -0.2) is 15.0 Å². The number of anilines is 1. The first kappa shape index (κ1) is 20.7. The molecule has 2 aromatic rings. The van der Waals surface area contributed by atoms with Gasteiger partial charge in [0.2, 0.25) is 5.91 Å². The second-order valence-electron chi connectivity index (χ2n) is 7.95. The summed E-state index contributed by atoms with van der Waals surface area (Å²) in [5.41, 5.74) is 2.72. The third kappa shape index (κ3) is 3.78. The van der Waals surface area contributed by atoms with Crippen LogP contribution in [0.25, 0.3) is 0 Å². The molecule has 0 bridgehead atoms. The Morgan fingerprint density at radius 3 is 2.60 bits per heavy atom. The van der Waals surface area contributed by atoms with E-state index in [1.165, 1.54) is 11.3 Å². The van der Waals surface area contributed by atoms with E-state index in [1.807, 2.05) is 30.7 Å². The molecule has 8 nitrogen and oxygen atoms in total. The lowest BCUT2D eigenvalue weighted by atomic mass is 10.00. The second kappa shape index (κ2) is 8.29. The number of nitrogens with one attached hydrogen (secondary N) is 1. The van der Waals surface area contributed by atoms with E-state index in [1.54, 1.807) is 6.92 Å². The molecular formula is C21H28N6O2S. The molecule has 1 saturated heterocycles. The number of hydrogen-bond acceptors (Lipinski definition) is 7. The topological polar surface area (TPSA) is 91.3 Å². The van der Waals surface area contributed by atoms with Crippen LogP contribution in [0.1, 0.15) is 69.7 Å². The molecule has 30 heavy (non-hydrogen) atoms. The number of likely N-dealkylation sites (tertiary alicyclic amines) is 1. The Morgan fingerprint density at radius 1 is 1.13 bits per heavy atom. The van der Waals surface area contributed by atoms with Crippen molar-refractivity contribution < 1.29 is 9.59 Å². The van der Waals surface area contributed by atoms with Crippen molar-refractivity contribution in [2.45, 2.75) is 59.0 Å². The van der Waals surface area contributed by atoms with Gasteiger partial charge in [0.1, 0.15) is 10.7 Å². The van der Waals surface area contributed by atoms with Gasteiger partial charge in [-0.1, -0.05) is 0 Å². The maximum atomic E-state index is 13.1. The minimum atomic E-state index is -0.0730. The number of thiazole rings is 1. The van der Waals surface area contributed by atoms with E-state index in [0.29, 0.717) is 30.2 Å². The fraction of sp³-hybridized carbons (Fsp3) is 0.571. The number of hydrogen-bond donors (Lipinski definition) is 1. The van der Waals surface area contributed by atoms with Crippen LogP contribution in [0.5, 0.6) is 0 Å². The molecule has 2 aromatic heterocycles. The number of fused-ring (bicyclic) bond motifs is 1. The molecule has 2 amide bonds. The van der Waals surface area contributed by atoms with Crippen molar-refractivity contribution in [1.29, 1.82) is 0 Å². The second-order valence-corrected chi connectivity index (χ2v) is 9.16. The highest BCUT2D eigenvalue weighted by atomic mass is 32.1. The first-order valence-corrected chi connectivity index (χ1v) is 11.3. The fourth-order valence-corrected chi connectivity index (χ4v) is 5.30. The van der Waals surface area contributed by atoms with Crippen molar-refractivity contribution in [2.75, 3.05) is 25.5 Å². The zero-order valence-corrected chi connectivity index (χ0v) is 18.8. The standard InChI is InChI=1S/C21H28N6O2S/c1-12-18(30-13(2)23-12)21(29)26-10-8-16-15(11-26)19(22-4)25-20(24-16)17-7-5-6-9-27(17)14(3)28/h17H,5-11H2,1-4H3,(H,22,24,25)/t17-/m1/s1. The Balaban J connectivity index is 1.63. The Labute approximate surface area is 180 Å². The third-order valence-corrected chi connectivity index (χ3v) is 6.97. The Bertz CT molecular complexity index is 971. The van der Waals surface area contributed by atoms with Gasteiger partial charge in [-0.15, -0.1) is 11.3 Å². The zero-order chi connectivity index (χ0) is 21.4. The SMILES string of the molecule is CNc1nc([C@H]2CCCCN2C(C)=O)nc2c1CN(C(=O)c1sc(C)nc1C)CC2. The molecule has 1 atom stereocenters. The maximum absolute atomic E-state index is 13.1. The first-order valence-electron chi connectivity index (χ1n) is 10.5. The van der Waals surface area contributed by atoms with Crippen LogP contribution in [-0.2, 0) is 17.8 Å². The summed E-state index contributed by atoms with van der Waals surface area (Å²) >= 11 is 1.44. The molecular weight excluding hydrogens is 400 g/mol. The Hall–Kier alpha value is -2.55. The van der Waals surface area contributed by atoms with Gasteiger partial charge in [0.15, 0.2) is 5.82 Å². The highest BCUT2D eigenvalue weighted by molar-refractivity contribution is 7.13. The molecule has 2 aliphatic heterocycles. The highest BCUT2D eigenvalue weighted by Crippen LogP contribution is 2.33. The van der Waals surface area contributed by atoms with Crippen LogP contribution < -0.4 is 5.32 Å². The average molecular weight is 429 g/mol. The van der Waals surface area contributed by atoms with E-state index in [-0.39, 0.29) is 17.9 Å². The third-order valence-electron chi connectivity index (χ3n) is 5.90. The van der Waals surface area contributed by atoms with E-state index in [9.17, 15) is 9.59 Å². The van der Waals surface area contributed by atoms with Gasteiger partial charge in [0.25, 0.3) is 5.91 Å². The first-order chi connectivity index (χ1) is 14.4.